The van der Waals surface area contributed by atoms with Crippen LogP contribution in [0.5, 0.6) is 0 Å². The third kappa shape index (κ3) is 5.12. The maximum atomic E-state index is 12.4. The first-order chi connectivity index (χ1) is 12.7. The molecule has 0 aromatic heterocycles. The van der Waals surface area contributed by atoms with E-state index in [1.165, 1.54) is 0 Å². The van der Waals surface area contributed by atoms with Crippen molar-refractivity contribution in [3.8, 4) is 0 Å². The van der Waals surface area contributed by atoms with Crippen LogP contribution in [0.15, 0.2) is 29.2 Å². The van der Waals surface area contributed by atoms with Gasteiger partial charge in [-0.1, -0.05) is 23.7 Å². The molecule has 2 heterocycles. The van der Waals surface area contributed by atoms with Crippen LogP contribution >= 0.6 is 23.4 Å². The van der Waals surface area contributed by atoms with Crippen molar-refractivity contribution >= 4 is 56.3 Å². The number of nitrogens with one attached hydrogen (secondary N) is 1. The second-order valence-electron chi connectivity index (χ2n) is 6.30. The Balaban J connectivity index is 1.56. The third-order valence-electron chi connectivity index (χ3n) is 4.20. The summed E-state index contributed by atoms with van der Waals surface area (Å²) in [5.41, 5.74) is 0.741. The molecule has 0 spiro atoms. The number of benzene rings is 1. The molecule has 1 atom stereocenters. The van der Waals surface area contributed by atoms with Gasteiger partial charge in [0.25, 0.3) is 11.1 Å². The number of rotatable bonds is 5. The van der Waals surface area contributed by atoms with Crippen molar-refractivity contribution in [2.75, 3.05) is 18.1 Å². The van der Waals surface area contributed by atoms with E-state index in [0.29, 0.717) is 11.4 Å². The number of carbonyl (C=O) groups is 3. The zero-order chi connectivity index (χ0) is 19.6. The van der Waals surface area contributed by atoms with Gasteiger partial charge in [-0.05, 0) is 42.0 Å². The smallest absolute Gasteiger partial charge is 0.293 e. The lowest BCUT2D eigenvalue weighted by Gasteiger charge is -2.14. The summed E-state index contributed by atoms with van der Waals surface area (Å²) in [6, 6.07) is 6.44. The van der Waals surface area contributed by atoms with Gasteiger partial charge in [0.15, 0.2) is 9.84 Å². The lowest BCUT2D eigenvalue weighted by Crippen LogP contribution is -2.38. The zero-order valence-corrected chi connectivity index (χ0v) is 16.6. The standard InChI is InChI=1S/C17H17ClN2O5S2/c18-12-3-1-11(2-4-12)9-14-16(22)20(17(23)26-14)7-5-15(21)19-13-6-8-27(24,25)10-13/h1-4,9,13H,5-8,10H2,(H,19,21)/b14-9-/t13-/m1/s1. The Morgan fingerprint density at radius 2 is 2.00 bits per heavy atom. The van der Waals surface area contributed by atoms with E-state index in [0.717, 1.165) is 22.2 Å². The first kappa shape index (κ1) is 19.9. The Labute approximate surface area is 166 Å². The average Bonchev–Trinajstić information content (AvgIpc) is 3.07. The van der Waals surface area contributed by atoms with Crippen molar-refractivity contribution in [2.45, 2.75) is 18.9 Å². The monoisotopic (exact) mass is 428 g/mol. The fourth-order valence-corrected chi connectivity index (χ4v) is 5.49. The first-order valence-corrected chi connectivity index (χ1v) is 11.3. The van der Waals surface area contributed by atoms with Crippen LogP contribution in [0, 0.1) is 0 Å². The molecule has 1 aromatic rings. The molecule has 1 N–H and O–H groups in total. The molecule has 2 aliphatic rings. The van der Waals surface area contributed by atoms with E-state index in [2.05, 4.69) is 5.32 Å². The third-order valence-corrected chi connectivity index (χ3v) is 7.13. The van der Waals surface area contributed by atoms with E-state index in [-0.39, 0.29) is 35.3 Å². The van der Waals surface area contributed by atoms with Gasteiger partial charge in [0.1, 0.15) is 0 Å². The van der Waals surface area contributed by atoms with E-state index in [9.17, 15) is 22.8 Å². The minimum absolute atomic E-state index is 0.0477. The van der Waals surface area contributed by atoms with Crippen LogP contribution in [0.1, 0.15) is 18.4 Å². The fourth-order valence-electron chi connectivity index (χ4n) is 2.83. The summed E-state index contributed by atoms with van der Waals surface area (Å²) in [4.78, 5) is 37.8. The highest BCUT2D eigenvalue weighted by Crippen LogP contribution is 2.32. The molecule has 0 aliphatic carbocycles. The van der Waals surface area contributed by atoms with Crippen molar-refractivity contribution < 1.29 is 22.8 Å². The molecule has 144 valence electrons. The summed E-state index contributed by atoms with van der Waals surface area (Å²) in [6.45, 7) is -0.0477. The molecule has 7 nitrogen and oxygen atoms in total. The molecule has 0 unspecified atom stereocenters. The second-order valence-corrected chi connectivity index (χ2v) is 9.96. The van der Waals surface area contributed by atoms with Crippen molar-refractivity contribution in [1.82, 2.24) is 10.2 Å². The van der Waals surface area contributed by atoms with Gasteiger partial charge in [-0.15, -0.1) is 0 Å². The number of carbonyl (C=O) groups excluding carboxylic acids is 3. The maximum absolute atomic E-state index is 12.4. The van der Waals surface area contributed by atoms with E-state index < -0.39 is 27.0 Å². The number of halogens is 1. The Bertz CT molecular complexity index is 912. The summed E-state index contributed by atoms with van der Waals surface area (Å²) in [5.74, 6) is -0.824. The van der Waals surface area contributed by atoms with Crippen molar-refractivity contribution in [2.24, 2.45) is 0 Å². The van der Waals surface area contributed by atoms with Crippen LogP contribution in [-0.2, 0) is 19.4 Å². The number of imide groups is 1. The summed E-state index contributed by atoms with van der Waals surface area (Å²) in [6.07, 6.45) is 1.92. The highest BCUT2D eigenvalue weighted by Gasteiger charge is 2.35. The zero-order valence-electron chi connectivity index (χ0n) is 14.2. The molecule has 10 heteroatoms. The highest BCUT2D eigenvalue weighted by atomic mass is 35.5. The molecular weight excluding hydrogens is 412 g/mol. The molecule has 3 rings (SSSR count). The largest absolute Gasteiger partial charge is 0.352 e. The molecule has 2 fully saturated rings. The summed E-state index contributed by atoms with van der Waals surface area (Å²) >= 11 is 6.64. The van der Waals surface area contributed by atoms with Gasteiger partial charge in [-0.25, -0.2) is 8.42 Å². The van der Waals surface area contributed by atoms with Gasteiger partial charge in [0.2, 0.25) is 5.91 Å². The van der Waals surface area contributed by atoms with Crippen LogP contribution < -0.4 is 5.32 Å². The molecule has 27 heavy (non-hydrogen) atoms. The average molecular weight is 429 g/mol. The van der Waals surface area contributed by atoms with E-state index >= 15 is 0 Å². The predicted molar refractivity (Wildman–Crippen MR) is 104 cm³/mol. The van der Waals surface area contributed by atoms with Crippen molar-refractivity contribution in [3.05, 3.63) is 39.8 Å². The van der Waals surface area contributed by atoms with Crippen LogP contribution in [0.3, 0.4) is 0 Å². The molecule has 2 saturated heterocycles. The Hall–Kier alpha value is -1.84. The Kier molecular flexibility index (Phi) is 5.92. The minimum atomic E-state index is -3.08. The van der Waals surface area contributed by atoms with E-state index in [4.69, 9.17) is 11.6 Å². The van der Waals surface area contributed by atoms with Gasteiger partial charge in [-0.2, -0.15) is 0 Å². The fraction of sp³-hybridized carbons (Fsp3) is 0.353. The van der Waals surface area contributed by atoms with Gasteiger partial charge in [0.05, 0.1) is 16.4 Å². The Morgan fingerprint density at radius 1 is 1.30 bits per heavy atom. The number of thioether (sulfide) groups is 1. The topological polar surface area (TPSA) is 101 Å². The molecule has 0 radical (unpaired) electrons. The quantitative estimate of drug-likeness (QED) is 0.720. The Morgan fingerprint density at radius 3 is 2.63 bits per heavy atom. The van der Waals surface area contributed by atoms with Crippen LogP contribution in [-0.4, -0.2) is 54.5 Å². The number of nitrogens with zero attached hydrogens (tertiary/aromatic N) is 1. The SMILES string of the molecule is O=C(CCN1C(=O)S/C(=C\c2ccc(Cl)cc2)C1=O)N[C@@H]1CCS(=O)(=O)C1. The summed E-state index contributed by atoms with van der Waals surface area (Å²) in [7, 11) is -3.08. The predicted octanol–water partition coefficient (Wildman–Crippen LogP) is 2.07. The lowest BCUT2D eigenvalue weighted by molar-refractivity contribution is -0.124. The summed E-state index contributed by atoms with van der Waals surface area (Å²) < 4.78 is 22.8. The van der Waals surface area contributed by atoms with Crippen LogP contribution in [0.25, 0.3) is 6.08 Å². The molecule has 3 amide bonds. The highest BCUT2D eigenvalue weighted by molar-refractivity contribution is 8.18. The summed E-state index contributed by atoms with van der Waals surface area (Å²) in [5, 5.41) is 2.78. The normalized spacial score (nSPS) is 23.2. The number of hydrogen-bond acceptors (Lipinski definition) is 6. The van der Waals surface area contributed by atoms with E-state index in [1.807, 2.05) is 0 Å². The maximum Gasteiger partial charge on any atom is 0.293 e. The van der Waals surface area contributed by atoms with Gasteiger partial charge >= 0.3 is 0 Å². The van der Waals surface area contributed by atoms with Gasteiger partial charge in [-0.3, -0.25) is 19.3 Å². The van der Waals surface area contributed by atoms with Crippen molar-refractivity contribution in [3.63, 3.8) is 0 Å². The van der Waals surface area contributed by atoms with Gasteiger partial charge in [0, 0.05) is 24.0 Å². The number of amides is 3. The second kappa shape index (κ2) is 8.04. The molecular formula is C17H17ClN2O5S2. The molecule has 1 aromatic carbocycles. The first-order valence-electron chi connectivity index (χ1n) is 8.24. The van der Waals surface area contributed by atoms with E-state index in [1.54, 1.807) is 30.3 Å². The van der Waals surface area contributed by atoms with Crippen LogP contribution in [0.2, 0.25) is 5.02 Å². The molecule has 0 saturated carbocycles. The molecule has 2 aliphatic heterocycles. The van der Waals surface area contributed by atoms with Crippen LogP contribution in [0.4, 0.5) is 4.79 Å². The number of hydrogen-bond donors (Lipinski definition) is 1. The van der Waals surface area contributed by atoms with Gasteiger partial charge < -0.3 is 5.32 Å². The molecule has 0 bridgehead atoms. The number of sulfone groups is 1. The minimum Gasteiger partial charge on any atom is -0.352 e. The lowest BCUT2D eigenvalue weighted by atomic mass is 10.2. The van der Waals surface area contributed by atoms with Crippen molar-refractivity contribution in [1.29, 1.82) is 0 Å².